The van der Waals surface area contributed by atoms with Crippen LogP contribution in [0.4, 0.5) is 17.6 Å². The van der Waals surface area contributed by atoms with Gasteiger partial charge in [0.2, 0.25) is 0 Å². The van der Waals surface area contributed by atoms with Gasteiger partial charge < -0.3 is 14.2 Å². The first-order chi connectivity index (χ1) is 15.9. The highest BCUT2D eigenvalue weighted by molar-refractivity contribution is 5.32. The van der Waals surface area contributed by atoms with Crippen LogP contribution in [0.15, 0.2) is 30.3 Å². The minimum absolute atomic E-state index is 0.246. The summed E-state index contributed by atoms with van der Waals surface area (Å²) in [4.78, 5) is 0. The zero-order valence-electron chi connectivity index (χ0n) is 18.8. The molecule has 1 aliphatic heterocycles. The van der Waals surface area contributed by atoms with Gasteiger partial charge in [0, 0.05) is 11.5 Å². The number of hydrogen-bond acceptors (Lipinski definition) is 3. The number of hydrogen-bond donors (Lipinski definition) is 0. The lowest BCUT2D eigenvalue weighted by Gasteiger charge is -2.37. The lowest BCUT2D eigenvalue weighted by molar-refractivity contribution is -0.215. The predicted octanol–water partition coefficient (Wildman–Crippen LogP) is 7.09. The summed E-state index contributed by atoms with van der Waals surface area (Å²) in [6.45, 7) is 2.94. The number of ether oxygens (including phenoxy) is 3. The van der Waals surface area contributed by atoms with E-state index in [1.165, 1.54) is 44.6 Å². The van der Waals surface area contributed by atoms with Gasteiger partial charge in [0.1, 0.15) is 6.61 Å². The Balaban J connectivity index is 1.32. The average molecular weight is 467 g/mol. The summed E-state index contributed by atoms with van der Waals surface area (Å²) in [7, 11) is 0. The van der Waals surface area contributed by atoms with Crippen LogP contribution in [0.25, 0.3) is 0 Å². The van der Waals surface area contributed by atoms with Crippen LogP contribution in [-0.4, -0.2) is 13.2 Å². The topological polar surface area (TPSA) is 27.7 Å². The predicted molar refractivity (Wildman–Crippen MR) is 116 cm³/mol. The maximum Gasteiger partial charge on any atom is 0.191 e. The monoisotopic (exact) mass is 466 g/mol. The molecular formula is C26H30F4O3. The van der Waals surface area contributed by atoms with Gasteiger partial charge in [-0.05, 0) is 54.5 Å². The van der Waals surface area contributed by atoms with Gasteiger partial charge in [0.05, 0.1) is 13.2 Å². The Morgan fingerprint density at radius 1 is 0.818 bits per heavy atom. The first-order valence-electron chi connectivity index (χ1n) is 11.7. The molecule has 0 N–H and O–H groups in total. The summed E-state index contributed by atoms with van der Waals surface area (Å²) in [6, 6.07) is 5.41. The highest BCUT2D eigenvalue weighted by Crippen LogP contribution is 2.39. The molecule has 2 aromatic rings. The van der Waals surface area contributed by atoms with E-state index in [0.29, 0.717) is 25.0 Å². The van der Waals surface area contributed by atoms with Crippen LogP contribution < -0.4 is 4.74 Å². The average Bonchev–Trinajstić information content (AvgIpc) is 2.81. The van der Waals surface area contributed by atoms with Crippen molar-refractivity contribution >= 4 is 0 Å². The normalized spacial score (nSPS) is 25.7. The third kappa shape index (κ3) is 5.87. The van der Waals surface area contributed by atoms with E-state index in [4.69, 9.17) is 14.2 Å². The van der Waals surface area contributed by atoms with Crippen LogP contribution >= 0.6 is 0 Å². The third-order valence-corrected chi connectivity index (χ3v) is 6.84. The molecule has 2 aliphatic rings. The smallest absolute Gasteiger partial charge is 0.191 e. The second-order valence-corrected chi connectivity index (χ2v) is 9.18. The van der Waals surface area contributed by atoms with Crippen LogP contribution in [0.1, 0.15) is 62.9 Å². The fourth-order valence-corrected chi connectivity index (χ4v) is 4.98. The van der Waals surface area contributed by atoms with Gasteiger partial charge in [0.25, 0.3) is 0 Å². The Kier molecular flexibility index (Phi) is 7.91. The van der Waals surface area contributed by atoms with E-state index in [1.54, 1.807) is 0 Å². The molecule has 1 saturated carbocycles. The lowest BCUT2D eigenvalue weighted by atomic mass is 9.75. The molecule has 1 saturated heterocycles. The van der Waals surface area contributed by atoms with Crippen molar-refractivity contribution in [3.63, 3.8) is 0 Å². The van der Waals surface area contributed by atoms with Crippen molar-refractivity contribution in [2.45, 2.75) is 58.3 Å². The summed E-state index contributed by atoms with van der Waals surface area (Å²) in [5.74, 6) is -2.74. The molecule has 2 fully saturated rings. The molecule has 0 amide bonds. The van der Waals surface area contributed by atoms with E-state index in [2.05, 4.69) is 6.92 Å². The molecule has 1 aliphatic carbocycles. The highest BCUT2D eigenvalue weighted by Gasteiger charge is 2.33. The maximum absolute atomic E-state index is 14.6. The fraction of sp³-hybridized carbons (Fsp3) is 0.538. The molecule has 4 rings (SSSR count). The summed E-state index contributed by atoms with van der Waals surface area (Å²) in [6.07, 6.45) is 6.56. The Labute approximate surface area is 192 Å². The molecule has 3 nitrogen and oxygen atoms in total. The van der Waals surface area contributed by atoms with E-state index in [1.807, 2.05) is 0 Å². The molecular weight excluding hydrogens is 436 g/mol. The highest BCUT2D eigenvalue weighted by atomic mass is 19.2. The van der Waals surface area contributed by atoms with E-state index < -0.39 is 35.3 Å². The Hall–Kier alpha value is -2.12. The summed E-state index contributed by atoms with van der Waals surface area (Å²) < 4.78 is 72.3. The van der Waals surface area contributed by atoms with Crippen LogP contribution in [-0.2, 0) is 16.1 Å². The van der Waals surface area contributed by atoms with E-state index in [9.17, 15) is 17.6 Å². The standard InChI is InChI=1S/C26H30F4O3/c1-2-3-16-4-7-18(8-5-16)20-14-32-26(33-15-20)19-11-23(29)25(24(30)12-19)31-13-17-6-9-21(27)22(28)10-17/h6,9-12,16,18,20,26H,2-5,7-8,13-15H2,1H3/t16-,18-,20?,26?. The van der Waals surface area contributed by atoms with Gasteiger partial charge in [-0.1, -0.05) is 38.7 Å². The van der Waals surface area contributed by atoms with Crippen molar-refractivity contribution in [1.82, 2.24) is 0 Å². The molecule has 2 aromatic carbocycles. The molecule has 180 valence electrons. The van der Waals surface area contributed by atoms with E-state index in [-0.39, 0.29) is 17.7 Å². The van der Waals surface area contributed by atoms with Crippen molar-refractivity contribution in [2.75, 3.05) is 13.2 Å². The van der Waals surface area contributed by atoms with Gasteiger partial charge >= 0.3 is 0 Å². The SMILES string of the molecule is CCC[C@H]1CC[C@H](C2COC(c3cc(F)c(OCc4ccc(F)c(F)c4)c(F)c3)OC2)CC1. The zero-order chi connectivity index (χ0) is 23.4. The maximum atomic E-state index is 14.6. The van der Waals surface area contributed by atoms with Crippen LogP contribution in [0, 0.1) is 41.0 Å². The van der Waals surface area contributed by atoms with Crippen molar-refractivity contribution < 1.29 is 31.8 Å². The van der Waals surface area contributed by atoms with E-state index >= 15 is 0 Å². The first-order valence-corrected chi connectivity index (χ1v) is 11.7. The molecule has 7 heteroatoms. The van der Waals surface area contributed by atoms with Crippen LogP contribution in [0.5, 0.6) is 5.75 Å². The Morgan fingerprint density at radius 3 is 2.09 bits per heavy atom. The number of halogens is 4. The van der Waals surface area contributed by atoms with Gasteiger partial charge in [-0.2, -0.15) is 0 Å². The molecule has 0 aromatic heterocycles. The Bertz CT molecular complexity index is 912. The second kappa shape index (κ2) is 10.9. The molecule has 0 spiro atoms. The van der Waals surface area contributed by atoms with Crippen molar-refractivity contribution in [3.8, 4) is 5.75 Å². The number of rotatable bonds is 7. The molecule has 0 radical (unpaired) electrons. The van der Waals surface area contributed by atoms with Crippen molar-refractivity contribution in [3.05, 3.63) is 64.7 Å². The summed E-state index contributed by atoms with van der Waals surface area (Å²) in [5, 5.41) is 0. The van der Waals surface area contributed by atoms with E-state index in [0.717, 1.165) is 30.2 Å². The van der Waals surface area contributed by atoms with Gasteiger partial charge in [0.15, 0.2) is 35.3 Å². The molecule has 33 heavy (non-hydrogen) atoms. The Morgan fingerprint density at radius 2 is 1.48 bits per heavy atom. The van der Waals surface area contributed by atoms with Crippen molar-refractivity contribution in [1.29, 1.82) is 0 Å². The van der Waals surface area contributed by atoms with Gasteiger partial charge in [-0.3, -0.25) is 0 Å². The molecule has 0 bridgehead atoms. The lowest BCUT2D eigenvalue weighted by Crippen LogP contribution is -2.34. The quantitative estimate of drug-likeness (QED) is 0.408. The molecule has 1 heterocycles. The molecule has 0 atom stereocenters. The third-order valence-electron chi connectivity index (χ3n) is 6.84. The number of benzene rings is 2. The van der Waals surface area contributed by atoms with Crippen molar-refractivity contribution in [2.24, 2.45) is 17.8 Å². The fourth-order valence-electron chi connectivity index (χ4n) is 4.98. The van der Waals surface area contributed by atoms with Crippen LogP contribution in [0.2, 0.25) is 0 Å². The minimum Gasteiger partial charge on any atom is -0.483 e. The van der Waals surface area contributed by atoms with Gasteiger partial charge in [-0.25, -0.2) is 17.6 Å². The summed E-state index contributed by atoms with van der Waals surface area (Å²) in [5.41, 5.74) is 0.501. The minimum atomic E-state index is -1.05. The molecule has 0 unspecified atom stereocenters. The van der Waals surface area contributed by atoms with Gasteiger partial charge in [-0.15, -0.1) is 0 Å². The zero-order valence-corrected chi connectivity index (χ0v) is 18.8. The van der Waals surface area contributed by atoms with Crippen LogP contribution in [0.3, 0.4) is 0 Å². The summed E-state index contributed by atoms with van der Waals surface area (Å²) >= 11 is 0. The second-order valence-electron chi connectivity index (χ2n) is 9.18. The first kappa shape index (κ1) is 24.0. The largest absolute Gasteiger partial charge is 0.483 e.